The number of unbranched alkanes of at least 4 members (excludes halogenated alkanes) is 22. The van der Waals surface area contributed by atoms with E-state index in [1.54, 1.807) is 0 Å². The smallest absolute Gasteiger partial charge is 0.132 e. The maximum absolute atomic E-state index is 12.3. The summed E-state index contributed by atoms with van der Waals surface area (Å²) in [6.07, 6.45) is 46.2. The van der Waals surface area contributed by atoms with Crippen LogP contribution in [0.15, 0.2) is 0 Å². The van der Waals surface area contributed by atoms with Crippen LogP contribution in [0.3, 0.4) is 0 Å². The molecular formula is C41H82O. The highest BCUT2D eigenvalue weighted by atomic mass is 16.1. The Hall–Kier alpha value is -0.330. The summed E-state index contributed by atoms with van der Waals surface area (Å²) in [6, 6.07) is 0. The molecule has 0 radical (unpaired) electrons. The highest BCUT2D eigenvalue weighted by Gasteiger charge is 2.09. The van der Waals surface area contributed by atoms with Crippen molar-refractivity contribution in [2.75, 3.05) is 0 Å². The van der Waals surface area contributed by atoms with Gasteiger partial charge in [-0.15, -0.1) is 0 Å². The van der Waals surface area contributed by atoms with Crippen molar-refractivity contribution in [1.82, 2.24) is 0 Å². The molecule has 0 aromatic rings. The molecule has 0 heterocycles. The predicted molar refractivity (Wildman–Crippen MR) is 192 cm³/mol. The van der Waals surface area contributed by atoms with E-state index >= 15 is 0 Å². The van der Waals surface area contributed by atoms with Crippen LogP contribution >= 0.6 is 0 Å². The van der Waals surface area contributed by atoms with Crippen LogP contribution in [-0.2, 0) is 4.79 Å². The quantitative estimate of drug-likeness (QED) is 0.0663. The van der Waals surface area contributed by atoms with E-state index in [4.69, 9.17) is 0 Å². The second kappa shape index (κ2) is 35.2. The second-order valence-corrected chi connectivity index (χ2v) is 14.4. The van der Waals surface area contributed by atoms with Crippen molar-refractivity contribution in [3.05, 3.63) is 0 Å². The molecule has 1 unspecified atom stereocenters. The first-order valence-electron chi connectivity index (χ1n) is 20.2. The molecule has 0 rings (SSSR count). The summed E-state index contributed by atoms with van der Waals surface area (Å²) < 4.78 is 0. The minimum absolute atomic E-state index is 0.531. The van der Waals surface area contributed by atoms with E-state index in [0.717, 1.165) is 37.5 Å². The zero-order valence-electron chi connectivity index (χ0n) is 30.1. The Morgan fingerprint density at radius 2 is 0.619 bits per heavy atom. The summed E-state index contributed by atoms with van der Waals surface area (Å²) in [5, 5.41) is 0. The van der Waals surface area contributed by atoms with Gasteiger partial charge in [0.2, 0.25) is 0 Å². The average Bonchev–Trinajstić information content (AvgIpc) is 2.99. The fourth-order valence-electron chi connectivity index (χ4n) is 6.86. The maximum Gasteiger partial charge on any atom is 0.132 e. The van der Waals surface area contributed by atoms with Gasteiger partial charge in [0.1, 0.15) is 5.78 Å². The van der Waals surface area contributed by atoms with Crippen molar-refractivity contribution < 1.29 is 4.79 Å². The minimum Gasteiger partial charge on any atom is -0.300 e. The zero-order valence-corrected chi connectivity index (χ0v) is 30.1. The number of rotatable bonds is 36. The molecule has 0 fully saturated rings. The van der Waals surface area contributed by atoms with Gasteiger partial charge >= 0.3 is 0 Å². The highest BCUT2D eigenvalue weighted by molar-refractivity contribution is 5.78. The number of hydrogen-bond donors (Lipinski definition) is 0. The predicted octanol–water partition coefficient (Wildman–Crippen LogP) is 15.1. The van der Waals surface area contributed by atoms with Crippen molar-refractivity contribution in [3.8, 4) is 0 Å². The van der Waals surface area contributed by atoms with Gasteiger partial charge in [0, 0.05) is 12.8 Å². The molecule has 0 saturated carbocycles. The lowest BCUT2D eigenvalue weighted by atomic mass is 9.89. The molecule has 0 bridgehead atoms. The molecule has 0 amide bonds. The third-order valence-corrected chi connectivity index (χ3v) is 9.95. The molecule has 0 saturated heterocycles. The lowest BCUT2D eigenvalue weighted by Gasteiger charge is -2.17. The van der Waals surface area contributed by atoms with E-state index < -0.39 is 0 Å². The molecule has 1 nitrogen and oxygen atoms in total. The van der Waals surface area contributed by atoms with E-state index in [2.05, 4.69) is 27.7 Å². The van der Waals surface area contributed by atoms with Crippen molar-refractivity contribution in [2.24, 2.45) is 11.8 Å². The van der Waals surface area contributed by atoms with Gasteiger partial charge in [-0.1, -0.05) is 220 Å². The Balaban J connectivity index is 3.62. The van der Waals surface area contributed by atoms with Crippen LogP contribution in [-0.4, -0.2) is 5.78 Å². The van der Waals surface area contributed by atoms with Gasteiger partial charge in [-0.05, 0) is 24.7 Å². The van der Waals surface area contributed by atoms with Crippen molar-refractivity contribution in [3.63, 3.8) is 0 Å². The van der Waals surface area contributed by atoms with Gasteiger partial charge in [0.25, 0.3) is 0 Å². The van der Waals surface area contributed by atoms with Crippen LogP contribution < -0.4 is 0 Å². The molecule has 1 heteroatoms. The lowest BCUT2D eigenvalue weighted by Crippen LogP contribution is -2.02. The zero-order chi connectivity index (χ0) is 30.8. The fraction of sp³-hybridized carbons (Fsp3) is 0.976. The summed E-state index contributed by atoms with van der Waals surface area (Å²) in [7, 11) is 0. The average molecular weight is 591 g/mol. The molecule has 0 aromatic carbocycles. The number of carbonyl (C=O) groups is 1. The Kier molecular flexibility index (Phi) is 34.9. The number of hydrogen-bond acceptors (Lipinski definition) is 1. The van der Waals surface area contributed by atoms with Crippen LogP contribution in [0, 0.1) is 11.8 Å². The van der Waals surface area contributed by atoms with Gasteiger partial charge in [-0.2, -0.15) is 0 Å². The standard InChI is InChI=1S/C41H82O/c1-5-8-11-14-20-25-32-39(4)33-26-21-17-24-31-38-41(42)37-30-23-16-15-22-29-36-40(34-27-18-12-9-6-2)35-28-19-13-10-7-3/h39-40H,5-38H2,1-4H3. The molecule has 0 N–H and O–H groups in total. The summed E-state index contributed by atoms with van der Waals surface area (Å²) in [5.41, 5.74) is 0. The molecule has 0 aliphatic carbocycles. The Bertz CT molecular complexity index is 497. The summed E-state index contributed by atoms with van der Waals surface area (Å²) in [6.45, 7) is 9.39. The van der Waals surface area contributed by atoms with Crippen molar-refractivity contribution in [2.45, 2.75) is 246 Å². The molecule has 42 heavy (non-hydrogen) atoms. The van der Waals surface area contributed by atoms with Crippen LogP contribution in [0.1, 0.15) is 246 Å². The normalized spacial score (nSPS) is 12.4. The summed E-state index contributed by atoms with van der Waals surface area (Å²) >= 11 is 0. The third kappa shape index (κ3) is 32.6. The van der Waals surface area contributed by atoms with Gasteiger partial charge in [0.05, 0.1) is 0 Å². The molecular weight excluding hydrogens is 508 g/mol. The highest BCUT2D eigenvalue weighted by Crippen LogP contribution is 2.25. The van der Waals surface area contributed by atoms with Gasteiger partial charge < -0.3 is 0 Å². The van der Waals surface area contributed by atoms with Crippen LogP contribution in [0.4, 0.5) is 0 Å². The topological polar surface area (TPSA) is 17.1 Å². The van der Waals surface area contributed by atoms with Crippen LogP contribution in [0.2, 0.25) is 0 Å². The first-order valence-corrected chi connectivity index (χ1v) is 20.2. The fourth-order valence-corrected chi connectivity index (χ4v) is 6.86. The number of carbonyl (C=O) groups excluding carboxylic acids is 1. The largest absolute Gasteiger partial charge is 0.300 e. The van der Waals surface area contributed by atoms with Gasteiger partial charge in [-0.25, -0.2) is 0 Å². The lowest BCUT2D eigenvalue weighted by molar-refractivity contribution is -0.119. The molecule has 1 atom stereocenters. The Morgan fingerprint density at radius 1 is 0.357 bits per heavy atom. The molecule has 0 aromatic heterocycles. The van der Waals surface area contributed by atoms with E-state index in [-0.39, 0.29) is 0 Å². The van der Waals surface area contributed by atoms with E-state index in [9.17, 15) is 4.79 Å². The molecule has 0 aliphatic rings. The van der Waals surface area contributed by atoms with Crippen LogP contribution in [0.5, 0.6) is 0 Å². The van der Waals surface area contributed by atoms with E-state index in [0.29, 0.717) is 5.78 Å². The molecule has 0 aliphatic heterocycles. The number of ketones is 1. The molecule has 252 valence electrons. The van der Waals surface area contributed by atoms with Gasteiger partial charge in [0.15, 0.2) is 0 Å². The second-order valence-electron chi connectivity index (χ2n) is 14.4. The van der Waals surface area contributed by atoms with Crippen molar-refractivity contribution in [1.29, 1.82) is 0 Å². The first kappa shape index (κ1) is 41.7. The van der Waals surface area contributed by atoms with Crippen molar-refractivity contribution >= 4 is 5.78 Å². The number of Topliss-reactive ketones (excluding diaryl/α,β-unsaturated/α-hetero) is 1. The first-order chi connectivity index (χ1) is 20.6. The maximum atomic E-state index is 12.3. The summed E-state index contributed by atoms with van der Waals surface area (Å²) in [4.78, 5) is 12.3. The minimum atomic E-state index is 0.531. The molecule has 0 spiro atoms. The third-order valence-electron chi connectivity index (χ3n) is 9.95. The SMILES string of the molecule is CCCCCCCCC(C)CCCCCCCC(=O)CCCCCCCCC(CCCCCCC)CCCCCCC. The monoisotopic (exact) mass is 591 g/mol. The van der Waals surface area contributed by atoms with Gasteiger partial charge in [-0.3, -0.25) is 4.79 Å². The van der Waals surface area contributed by atoms with E-state index in [1.807, 2.05) is 0 Å². The Morgan fingerprint density at radius 3 is 0.952 bits per heavy atom. The Labute approximate surface area is 267 Å². The van der Waals surface area contributed by atoms with E-state index in [1.165, 1.54) is 193 Å². The summed E-state index contributed by atoms with van der Waals surface area (Å²) in [5.74, 6) is 2.43. The van der Waals surface area contributed by atoms with Crippen LogP contribution in [0.25, 0.3) is 0 Å².